The van der Waals surface area contributed by atoms with E-state index in [4.69, 9.17) is 9.47 Å². The van der Waals surface area contributed by atoms with E-state index in [1.54, 1.807) is 37.6 Å². The molecule has 0 aliphatic carbocycles. The Balaban J connectivity index is 1.40. The molecule has 1 atom stereocenters. The van der Waals surface area contributed by atoms with Crippen LogP contribution in [0.4, 0.5) is 9.52 Å². The largest absolute Gasteiger partial charge is 0.493 e. The highest BCUT2D eigenvalue weighted by Crippen LogP contribution is 2.41. The van der Waals surface area contributed by atoms with Crippen LogP contribution in [-0.2, 0) is 28.0 Å². The lowest BCUT2D eigenvalue weighted by atomic mass is 9.81. The van der Waals surface area contributed by atoms with Gasteiger partial charge in [0.25, 0.3) is 0 Å². The van der Waals surface area contributed by atoms with E-state index < -0.39 is 11.4 Å². The number of rotatable bonds is 9. The van der Waals surface area contributed by atoms with Crippen molar-refractivity contribution in [3.05, 3.63) is 88.7 Å². The summed E-state index contributed by atoms with van der Waals surface area (Å²) in [6.07, 6.45) is 3.77. The van der Waals surface area contributed by atoms with E-state index in [2.05, 4.69) is 15.6 Å². The summed E-state index contributed by atoms with van der Waals surface area (Å²) in [4.78, 5) is 27.7. The predicted molar refractivity (Wildman–Crippen MR) is 149 cm³/mol. The SMILES string of the molecule is COc1cc2c(cc1Oc1ccc(-c3ccc(CC=O)cc3)c(F)c1)C(C)(CC(=O)Nc1nccs1)NCC2. The zero-order valence-electron chi connectivity index (χ0n) is 21.6. The summed E-state index contributed by atoms with van der Waals surface area (Å²) in [5, 5.41) is 8.70. The zero-order valence-corrected chi connectivity index (χ0v) is 22.4. The number of aldehydes is 1. The second-order valence-electron chi connectivity index (χ2n) is 9.54. The fourth-order valence-electron chi connectivity index (χ4n) is 4.89. The third-order valence-electron chi connectivity index (χ3n) is 6.84. The molecule has 1 aliphatic heterocycles. The predicted octanol–water partition coefficient (Wildman–Crippen LogP) is 5.88. The molecule has 0 fully saturated rings. The summed E-state index contributed by atoms with van der Waals surface area (Å²) < 4.78 is 26.9. The molecule has 1 unspecified atom stereocenters. The van der Waals surface area contributed by atoms with Crippen LogP contribution in [-0.4, -0.2) is 30.8 Å². The van der Waals surface area contributed by atoms with Crippen LogP contribution >= 0.6 is 11.3 Å². The number of nitrogens with zero attached hydrogens (tertiary/aromatic N) is 1. The molecule has 39 heavy (non-hydrogen) atoms. The van der Waals surface area contributed by atoms with Crippen LogP contribution < -0.4 is 20.1 Å². The third-order valence-corrected chi connectivity index (χ3v) is 7.53. The molecule has 7 nitrogen and oxygen atoms in total. The van der Waals surface area contributed by atoms with Gasteiger partial charge in [-0.15, -0.1) is 11.3 Å². The Morgan fingerprint density at radius 2 is 2.00 bits per heavy atom. The monoisotopic (exact) mass is 545 g/mol. The van der Waals surface area contributed by atoms with Gasteiger partial charge in [-0.05, 0) is 59.9 Å². The van der Waals surface area contributed by atoms with Crippen molar-refractivity contribution in [3.63, 3.8) is 0 Å². The van der Waals surface area contributed by atoms with Crippen LogP contribution in [0.3, 0.4) is 0 Å². The molecule has 3 aromatic carbocycles. The highest BCUT2D eigenvalue weighted by Gasteiger charge is 2.35. The number of carbonyl (C=O) groups excluding carboxylic acids is 2. The van der Waals surface area contributed by atoms with Gasteiger partial charge in [0, 0.05) is 48.1 Å². The highest BCUT2D eigenvalue weighted by molar-refractivity contribution is 7.13. The molecule has 2 heterocycles. The van der Waals surface area contributed by atoms with Crippen molar-refractivity contribution < 1.29 is 23.5 Å². The van der Waals surface area contributed by atoms with Crippen LogP contribution in [0.25, 0.3) is 11.1 Å². The Morgan fingerprint density at radius 3 is 2.69 bits per heavy atom. The molecule has 0 saturated carbocycles. The number of methoxy groups -OCH3 is 1. The Labute approximate surface area is 230 Å². The number of hydrogen-bond donors (Lipinski definition) is 2. The number of hydrogen-bond acceptors (Lipinski definition) is 7. The average Bonchev–Trinajstić information content (AvgIpc) is 3.42. The molecule has 4 aromatic rings. The van der Waals surface area contributed by atoms with Crippen molar-refractivity contribution in [2.75, 3.05) is 19.0 Å². The minimum absolute atomic E-state index is 0.150. The van der Waals surface area contributed by atoms with E-state index in [1.165, 1.54) is 17.4 Å². The van der Waals surface area contributed by atoms with E-state index in [9.17, 15) is 9.59 Å². The molecular formula is C30H28FN3O4S. The average molecular weight is 546 g/mol. The lowest BCUT2D eigenvalue weighted by molar-refractivity contribution is -0.117. The molecule has 9 heteroatoms. The van der Waals surface area contributed by atoms with Crippen molar-refractivity contribution in [1.29, 1.82) is 0 Å². The van der Waals surface area contributed by atoms with Crippen molar-refractivity contribution in [1.82, 2.24) is 10.3 Å². The van der Waals surface area contributed by atoms with Gasteiger partial charge in [-0.2, -0.15) is 0 Å². The number of anilines is 1. The molecule has 1 aromatic heterocycles. The van der Waals surface area contributed by atoms with Crippen molar-refractivity contribution in [2.24, 2.45) is 0 Å². The number of aromatic nitrogens is 1. The first-order valence-electron chi connectivity index (χ1n) is 12.5. The van der Waals surface area contributed by atoms with Gasteiger partial charge in [-0.25, -0.2) is 9.37 Å². The number of nitrogens with one attached hydrogen (secondary N) is 2. The minimum atomic E-state index is -0.648. The zero-order chi connectivity index (χ0) is 27.4. The molecule has 200 valence electrons. The van der Waals surface area contributed by atoms with Gasteiger partial charge in [-0.3, -0.25) is 4.79 Å². The van der Waals surface area contributed by atoms with Crippen LogP contribution in [0.2, 0.25) is 0 Å². The molecule has 0 bridgehead atoms. The van der Waals surface area contributed by atoms with Crippen LogP contribution in [0.1, 0.15) is 30.0 Å². The Kier molecular flexibility index (Phi) is 7.72. The van der Waals surface area contributed by atoms with Crippen LogP contribution in [0.5, 0.6) is 17.2 Å². The first-order valence-corrected chi connectivity index (χ1v) is 13.4. The Hall–Kier alpha value is -4.08. The van der Waals surface area contributed by atoms with Gasteiger partial charge in [0.15, 0.2) is 16.6 Å². The van der Waals surface area contributed by atoms with Crippen LogP contribution in [0, 0.1) is 5.82 Å². The summed E-state index contributed by atoms with van der Waals surface area (Å²) in [5.74, 6) is 0.692. The van der Waals surface area contributed by atoms with Crippen molar-refractivity contribution in [2.45, 2.75) is 31.7 Å². The molecular weight excluding hydrogens is 517 g/mol. The number of amides is 1. The van der Waals surface area contributed by atoms with E-state index in [0.717, 1.165) is 29.4 Å². The first kappa shape index (κ1) is 26.5. The molecule has 1 aliphatic rings. The summed E-state index contributed by atoms with van der Waals surface area (Å²) in [5.41, 5.74) is 3.34. The second kappa shape index (κ2) is 11.3. The summed E-state index contributed by atoms with van der Waals surface area (Å²) >= 11 is 1.37. The smallest absolute Gasteiger partial charge is 0.228 e. The quantitative estimate of drug-likeness (QED) is 0.255. The normalized spacial score (nSPS) is 16.3. The number of thiazole rings is 1. The maximum atomic E-state index is 15.1. The lowest BCUT2D eigenvalue weighted by Crippen LogP contribution is -2.47. The first-order chi connectivity index (χ1) is 18.9. The van der Waals surface area contributed by atoms with Crippen LogP contribution in [0.15, 0.2) is 66.2 Å². The van der Waals surface area contributed by atoms with E-state index >= 15 is 4.39 Å². The summed E-state index contributed by atoms with van der Waals surface area (Å²) in [6, 6.07) is 15.7. The molecule has 0 radical (unpaired) electrons. The second-order valence-corrected chi connectivity index (χ2v) is 10.4. The van der Waals surface area contributed by atoms with Gasteiger partial charge in [0.2, 0.25) is 5.91 Å². The molecule has 5 rings (SSSR count). The topological polar surface area (TPSA) is 89.5 Å². The minimum Gasteiger partial charge on any atom is -0.493 e. The van der Waals surface area contributed by atoms with E-state index in [-0.39, 0.29) is 12.3 Å². The van der Waals surface area contributed by atoms with Gasteiger partial charge in [0.05, 0.1) is 7.11 Å². The third kappa shape index (κ3) is 5.84. The Bertz CT molecular complexity index is 1490. The summed E-state index contributed by atoms with van der Waals surface area (Å²) in [7, 11) is 1.56. The molecule has 0 saturated heterocycles. The maximum absolute atomic E-state index is 15.1. The number of benzene rings is 3. The van der Waals surface area contributed by atoms with Crippen molar-refractivity contribution in [3.8, 4) is 28.4 Å². The standard InChI is InChI=1S/C30H28FN3O4S/c1-30(18-28(36)34-29-32-12-14-39-29)24-17-27(26(37-2)15-21(24)9-11-33-30)38-22-7-8-23(25(31)16-22)20-5-3-19(4-6-20)10-13-35/h3-8,12-17,33H,9-11,18H2,1-2H3,(H,32,34,36). The van der Waals surface area contributed by atoms with Gasteiger partial charge in [-0.1, -0.05) is 24.3 Å². The lowest BCUT2D eigenvalue weighted by Gasteiger charge is -2.37. The maximum Gasteiger partial charge on any atom is 0.228 e. The number of fused-ring (bicyclic) bond motifs is 1. The Morgan fingerprint density at radius 1 is 1.18 bits per heavy atom. The number of carbonyl (C=O) groups is 2. The van der Waals surface area contributed by atoms with Gasteiger partial charge >= 0.3 is 0 Å². The fraction of sp³-hybridized carbons (Fsp3) is 0.233. The fourth-order valence-corrected chi connectivity index (χ4v) is 5.44. The molecule has 0 spiro atoms. The number of halogens is 1. The van der Waals surface area contributed by atoms with E-state index in [0.29, 0.717) is 46.5 Å². The van der Waals surface area contributed by atoms with E-state index in [1.807, 2.05) is 36.6 Å². The molecule has 2 N–H and O–H groups in total. The summed E-state index contributed by atoms with van der Waals surface area (Å²) in [6.45, 7) is 2.69. The van der Waals surface area contributed by atoms with Crippen molar-refractivity contribution >= 4 is 28.7 Å². The number of ether oxygens (including phenoxy) is 2. The van der Waals surface area contributed by atoms with Gasteiger partial charge < -0.3 is 24.9 Å². The van der Waals surface area contributed by atoms with Gasteiger partial charge in [0.1, 0.15) is 17.9 Å². The molecule has 1 amide bonds. The highest BCUT2D eigenvalue weighted by atomic mass is 32.1.